The Morgan fingerprint density at radius 2 is 1.67 bits per heavy atom. The van der Waals surface area contributed by atoms with Gasteiger partial charge in [0.15, 0.2) is 12.7 Å². The summed E-state index contributed by atoms with van der Waals surface area (Å²) in [4.78, 5) is 0. The molecule has 21 heavy (non-hydrogen) atoms. The molecule has 108 valence electrons. The largest absolute Gasteiger partial charge is 0.311 e. The lowest BCUT2D eigenvalue weighted by Gasteiger charge is -2.08. The Morgan fingerprint density at radius 1 is 0.952 bits per heavy atom. The minimum absolute atomic E-state index is 0.698. The van der Waals surface area contributed by atoms with Crippen LogP contribution in [0.4, 0.5) is 0 Å². The maximum absolute atomic E-state index is 3.53. The van der Waals surface area contributed by atoms with Crippen LogP contribution >= 0.6 is 0 Å². The molecule has 3 aromatic rings. The van der Waals surface area contributed by atoms with Gasteiger partial charge in [0, 0.05) is 16.8 Å². The standard InChI is InChI=1S/C19H23N2/c1-15(2)13-20-11-12-21-14-16-7-3-4-8-17(16)18-9-5-6-10-19(18)21/h3-10,14-15,20H,11-13H2,1-2H3/q+1. The summed E-state index contributed by atoms with van der Waals surface area (Å²) >= 11 is 0. The molecule has 1 heterocycles. The zero-order chi connectivity index (χ0) is 14.7. The minimum atomic E-state index is 0.698. The number of hydrogen-bond donors (Lipinski definition) is 1. The molecule has 0 bridgehead atoms. The van der Waals surface area contributed by atoms with Crippen LogP contribution in [0.3, 0.4) is 0 Å². The van der Waals surface area contributed by atoms with Crippen LogP contribution in [0.25, 0.3) is 21.7 Å². The Morgan fingerprint density at radius 3 is 2.48 bits per heavy atom. The highest BCUT2D eigenvalue weighted by Crippen LogP contribution is 2.21. The van der Waals surface area contributed by atoms with Crippen LogP contribution in [0.2, 0.25) is 0 Å². The Bertz CT molecular complexity index is 747. The van der Waals surface area contributed by atoms with Gasteiger partial charge < -0.3 is 5.32 Å². The van der Waals surface area contributed by atoms with Gasteiger partial charge in [-0.15, -0.1) is 0 Å². The van der Waals surface area contributed by atoms with E-state index in [-0.39, 0.29) is 0 Å². The van der Waals surface area contributed by atoms with Gasteiger partial charge in [-0.1, -0.05) is 44.2 Å². The molecule has 1 aromatic heterocycles. The first-order valence-electron chi connectivity index (χ1n) is 7.76. The van der Waals surface area contributed by atoms with Gasteiger partial charge in [0.1, 0.15) is 0 Å². The fourth-order valence-corrected chi connectivity index (χ4v) is 2.82. The van der Waals surface area contributed by atoms with Crippen molar-refractivity contribution < 1.29 is 4.57 Å². The number of nitrogens with one attached hydrogen (secondary N) is 1. The lowest BCUT2D eigenvalue weighted by molar-refractivity contribution is -0.668. The highest BCUT2D eigenvalue weighted by Gasteiger charge is 2.12. The van der Waals surface area contributed by atoms with E-state index in [2.05, 4.69) is 78.5 Å². The van der Waals surface area contributed by atoms with E-state index < -0.39 is 0 Å². The molecule has 0 saturated heterocycles. The summed E-state index contributed by atoms with van der Waals surface area (Å²) in [5, 5.41) is 7.50. The van der Waals surface area contributed by atoms with Crippen molar-refractivity contribution in [2.75, 3.05) is 13.1 Å². The lowest BCUT2D eigenvalue weighted by Crippen LogP contribution is -2.40. The number of nitrogens with zero attached hydrogens (tertiary/aromatic N) is 1. The molecule has 0 aliphatic heterocycles. The SMILES string of the molecule is CC(C)CNCC[n+]1cc2ccccc2c2ccccc21. The molecular formula is C19H23N2+. The molecule has 0 amide bonds. The molecule has 1 N–H and O–H groups in total. The van der Waals surface area contributed by atoms with Crippen molar-refractivity contribution in [1.82, 2.24) is 5.32 Å². The normalized spacial score (nSPS) is 11.6. The summed E-state index contributed by atoms with van der Waals surface area (Å²) in [6, 6.07) is 17.3. The second kappa shape index (κ2) is 6.23. The smallest absolute Gasteiger partial charge is 0.213 e. The van der Waals surface area contributed by atoms with Crippen LogP contribution in [0.15, 0.2) is 54.7 Å². The van der Waals surface area contributed by atoms with Gasteiger partial charge >= 0.3 is 0 Å². The molecule has 3 rings (SSSR count). The average molecular weight is 279 g/mol. The molecule has 0 atom stereocenters. The molecule has 0 fully saturated rings. The zero-order valence-corrected chi connectivity index (χ0v) is 12.8. The summed E-state index contributed by atoms with van der Waals surface area (Å²) in [6.45, 7) is 7.56. The summed E-state index contributed by atoms with van der Waals surface area (Å²) in [5.74, 6) is 0.698. The van der Waals surface area contributed by atoms with Gasteiger partial charge in [0.2, 0.25) is 5.52 Å². The van der Waals surface area contributed by atoms with Crippen LogP contribution < -0.4 is 9.88 Å². The quantitative estimate of drug-likeness (QED) is 0.429. The number of fused-ring (bicyclic) bond motifs is 3. The maximum Gasteiger partial charge on any atom is 0.213 e. The molecule has 0 aliphatic rings. The van der Waals surface area contributed by atoms with Crippen LogP contribution in [-0.2, 0) is 6.54 Å². The minimum Gasteiger partial charge on any atom is -0.311 e. The Labute approximate surface area is 126 Å². The van der Waals surface area contributed by atoms with Crippen molar-refractivity contribution in [3.05, 3.63) is 54.7 Å². The van der Waals surface area contributed by atoms with Crippen LogP contribution in [0.1, 0.15) is 13.8 Å². The predicted octanol–water partition coefficient (Wildman–Crippen LogP) is 3.53. The number of pyridine rings is 1. The summed E-state index contributed by atoms with van der Waals surface area (Å²) in [7, 11) is 0. The molecule has 0 unspecified atom stereocenters. The monoisotopic (exact) mass is 279 g/mol. The van der Waals surface area contributed by atoms with Gasteiger partial charge in [-0.3, -0.25) is 0 Å². The Hall–Kier alpha value is -1.93. The molecule has 0 spiro atoms. The summed E-state index contributed by atoms with van der Waals surface area (Å²) < 4.78 is 2.37. The van der Waals surface area contributed by atoms with Crippen LogP contribution in [-0.4, -0.2) is 13.1 Å². The van der Waals surface area contributed by atoms with Crippen molar-refractivity contribution in [3.63, 3.8) is 0 Å². The third-order valence-corrected chi connectivity index (χ3v) is 3.84. The van der Waals surface area contributed by atoms with E-state index in [1.807, 2.05) is 0 Å². The van der Waals surface area contributed by atoms with E-state index in [1.54, 1.807) is 0 Å². The van der Waals surface area contributed by atoms with Crippen LogP contribution in [0.5, 0.6) is 0 Å². The molecule has 2 aromatic carbocycles. The molecular weight excluding hydrogens is 256 g/mol. The molecule has 0 saturated carbocycles. The first-order valence-corrected chi connectivity index (χ1v) is 7.76. The van der Waals surface area contributed by atoms with E-state index in [0.29, 0.717) is 5.92 Å². The van der Waals surface area contributed by atoms with Gasteiger partial charge in [0.05, 0.1) is 11.9 Å². The molecule has 0 aliphatic carbocycles. The van der Waals surface area contributed by atoms with Crippen molar-refractivity contribution in [1.29, 1.82) is 0 Å². The second-order valence-electron chi connectivity index (χ2n) is 6.02. The molecule has 2 heteroatoms. The Kier molecular flexibility index (Phi) is 4.16. The molecule has 2 nitrogen and oxygen atoms in total. The van der Waals surface area contributed by atoms with Gasteiger partial charge in [-0.2, -0.15) is 4.57 Å². The molecule has 0 radical (unpaired) electrons. The highest BCUT2D eigenvalue weighted by molar-refractivity contribution is 6.03. The van der Waals surface area contributed by atoms with E-state index in [1.165, 1.54) is 21.7 Å². The fourth-order valence-electron chi connectivity index (χ4n) is 2.82. The van der Waals surface area contributed by atoms with Crippen molar-refractivity contribution >= 4 is 21.7 Å². The predicted molar refractivity (Wildman–Crippen MR) is 89.4 cm³/mol. The highest BCUT2D eigenvalue weighted by atomic mass is 15.0. The van der Waals surface area contributed by atoms with Gasteiger partial charge in [-0.05, 0) is 24.6 Å². The van der Waals surface area contributed by atoms with E-state index >= 15 is 0 Å². The number of benzene rings is 2. The first-order chi connectivity index (χ1) is 10.3. The van der Waals surface area contributed by atoms with Crippen molar-refractivity contribution in [2.24, 2.45) is 5.92 Å². The van der Waals surface area contributed by atoms with Gasteiger partial charge in [0.25, 0.3) is 0 Å². The topological polar surface area (TPSA) is 15.9 Å². The first kappa shape index (κ1) is 14.0. The van der Waals surface area contributed by atoms with Crippen molar-refractivity contribution in [2.45, 2.75) is 20.4 Å². The number of rotatable bonds is 5. The zero-order valence-electron chi connectivity index (χ0n) is 12.8. The number of hydrogen-bond acceptors (Lipinski definition) is 1. The van der Waals surface area contributed by atoms with Crippen molar-refractivity contribution in [3.8, 4) is 0 Å². The third-order valence-electron chi connectivity index (χ3n) is 3.84. The second-order valence-corrected chi connectivity index (χ2v) is 6.02. The van der Waals surface area contributed by atoms with E-state index in [4.69, 9.17) is 0 Å². The van der Waals surface area contributed by atoms with E-state index in [0.717, 1.165) is 19.6 Å². The third kappa shape index (κ3) is 3.06. The Balaban J connectivity index is 1.96. The summed E-state index contributed by atoms with van der Waals surface area (Å²) in [6.07, 6.45) is 2.27. The van der Waals surface area contributed by atoms with E-state index in [9.17, 15) is 0 Å². The van der Waals surface area contributed by atoms with Crippen LogP contribution in [0, 0.1) is 5.92 Å². The van der Waals surface area contributed by atoms with Gasteiger partial charge in [-0.25, -0.2) is 0 Å². The average Bonchev–Trinajstić information content (AvgIpc) is 2.51. The number of aromatic nitrogens is 1. The maximum atomic E-state index is 3.53. The fraction of sp³-hybridized carbons (Fsp3) is 0.316. The summed E-state index contributed by atoms with van der Waals surface area (Å²) in [5.41, 5.74) is 1.31. The number of para-hydroxylation sites is 1. The lowest BCUT2D eigenvalue weighted by atomic mass is 10.1.